The summed E-state index contributed by atoms with van der Waals surface area (Å²) in [6, 6.07) is -3.21. The lowest BCUT2D eigenvalue weighted by atomic mass is 9.85. The van der Waals surface area contributed by atoms with E-state index in [-0.39, 0.29) is 153 Å². The van der Waals surface area contributed by atoms with E-state index in [4.69, 9.17) is 46.7 Å². The zero-order valence-electron chi connectivity index (χ0n) is 75.3. The molecule has 0 aromatic carbocycles. The number of aliphatic hydroxyl groups excluding tert-OH is 10. The van der Waals surface area contributed by atoms with E-state index in [1.165, 1.54) is 62.7 Å². The second-order valence-electron chi connectivity index (χ2n) is 33.8. The van der Waals surface area contributed by atoms with Gasteiger partial charge in [-0.2, -0.15) is 0 Å². The summed E-state index contributed by atoms with van der Waals surface area (Å²) in [5.74, 6) is -1.65. The Morgan fingerprint density at radius 3 is 1.05 bits per heavy atom. The van der Waals surface area contributed by atoms with Gasteiger partial charge in [-0.25, -0.2) is 4.57 Å². The highest BCUT2D eigenvalue weighted by Gasteiger charge is 2.48. The average Bonchev–Trinajstić information content (AvgIpc) is 0.872. The minimum Gasteiger partial charge on any atom is -0.395 e. The first-order chi connectivity index (χ1) is 61.3. The molecule has 18 N–H and O–H groups in total. The zero-order chi connectivity index (χ0) is 93.8. The lowest BCUT2D eigenvalue weighted by Crippen LogP contribution is -2.64. The predicted molar refractivity (Wildman–Crippen MR) is 461 cm³/mol. The molecule has 3 aliphatic heterocycles. The van der Waals surface area contributed by atoms with Gasteiger partial charge in [-0.15, -0.1) is 0 Å². The minimum absolute atomic E-state index is 0.0254. The van der Waals surface area contributed by atoms with Crippen molar-refractivity contribution in [3.05, 3.63) is 0 Å². The number of carbonyl (C=O) groups excluding carboxylic acids is 9. The largest absolute Gasteiger partial charge is 0.472 e. The molecule has 5 fully saturated rings. The SMILES string of the molecule is CC(=O)NC1C(OCCCCCC(=O)NCCCCCC(=O)N(CCOC2CCCC(C3CCCC3)CC2)CCOP(=O)(O)CCN(CCOP(=O)(O)OCCN(CCO)C(=O)CCCCCNC(=O)CCCCCOC2OC(CO)C(O)C(O)C2NC(C)=O)C(=O)CCCCCNC(=O)CCCCCOC2OC(CO)C(O)C(O)C2NC(C)=O)OC(CO)C(O)C1O. The Labute approximate surface area is 752 Å². The Hall–Kier alpha value is -5.19. The van der Waals surface area contributed by atoms with Crippen LogP contribution in [0.1, 0.15) is 233 Å². The number of aliphatic hydroxyl groups is 10. The van der Waals surface area contributed by atoms with Crippen molar-refractivity contribution in [3.8, 4) is 0 Å². The van der Waals surface area contributed by atoms with Crippen LogP contribution in [0.25, 0.3) is 0 Å². The number of unbranched alkanes of at least 4 members (excludes halogenated alkanes) is 12. The highest BCUT2D eigenvalue weighted by Crippen LogP contribution is 2.44. The van der Waals surface area contributed by atoms with Gasteiger partial charge in [-0.05, 0) is 108 Å². The molecule has 128 heavy (non-hydrogen) atoms. The van der Waals surface area contributed by atoms with Gasteiger partial charge < -0.3 is 145 Å². The molecule has 0 radical (unpaired) electrons. The molecule has 2 saturated carbocycles. The summed E-state index contributed by atoms with van der Waals surface area (Å²) in [5.41, 5.74) is 0. The van der Waals surface area contributed by atoms with E-state index in [1.807, 2.05) is 0 Å². The van der Waals surface area contributed by atoms with E-state index in [9.17, 15) is 113 Å². The summed E-state index contributed by atoms with van der Waals surface area (Å²) in [4.78, 5) is 141. The van der Waals surface area contributed by atoms with Crippen LogP contribution in [0.4, 0.5) is 0 Å². The molecule has 19 unspecified atom stereocenters. The fourth-order valence-corrected chi connectivity index (χ4v) is 18.0. The molecule has 0 bridgehead atoms. The van der Waals surface area contributed by atoms with Gasteiger partial charge >= 0.3 is 15.4 Å². The third kappa shape index (κ3) is 44.8. The van der Waals surface area contributed by atoms with Crippen molar-refractivity contribution in [2.45, 2.75) is 331 Å². The van der Waals surface area contributed by atoms with Crippen LogP contribution in [0.3, 0.4) is 0 Å². The topological polar surface area (TPSA) is 605 Å². The Kier molecular flexibility index (Phi) is 56.6. The molecule has 44 heteroatoms. The fraction of sp³-hybridized carbons (Fsp3) is 0.893. The van der Waals surface area contributed by atoms with E-state index < -0.39 is 177 Å². The van der Waals surface area contributed by atoms with Crippen molar-refractivity contribution < 1.29 is 160 Å². The van der Waals surface area contributed by atoms with E-state index in [1.54, 1.807) is 4.90 Å². The molecular formula is C84H153N9O33P2. The molecule has 0 spiro atoms. The molecule has 2 aliphatic carbocycles. The summed E-state index contributed by atoms with van der Waals surface area (Å²) in [6.07, 6.45) is 4.37. The van der Waals surface area contributed by atoms with Gasteiger partial charge in [0.25, 0.3) is 0 Å². The third-order valence-electron chi connectivity index (χ3n) is 23.6. The number of nitrogens with zero attached hydrogens (tertiary/aromatic N) is 3. The van der Waals surface area contributed by atoms with Crippen LogP contribution >= 0.6 is 15.4 Å². The van der Waals surface area contributed by atoms with Gasteiger partial charge in [0.2, 0.25) is 53.2 Å². The zero-order valence-corrected chi connectivity index (χ0v) is 77.0. The van der Waals surface area contributed by atoms with E-state index in [2.05, 4.69) is 31.9 Å². The molecule has 19 atom stereocenters. The number of hydrogen-bond acceptors (Lipinski definition) is 31. The lowest BCUT2D eigenvalue weighted by Gasteiger charge is -2.42. The number of nitrogens with one attached hydrogen (secondary N) is 6. The first-order valence-electron chi connectivity index (χ1n) is 46.3. The number of phosphoric ester groups is 1. The molecule has 742 valence electrons. The van der Waals surface area contributed by atoms with Crippen LogP contribution in [0, 0.1) is 11.8 Å². The van der Waals surface area contributed by atoms with Gasteiger partial charge in [-0.1, -0.05) is 77.0 Å². The summed E-state index contributed by atoms with van der Waals surface area (Å²) in [6.45, 7) is 0.870. The molecular weight excluding hydrogens is 1720 g/mol. The standard InChI is InChI=1S/C84H153N9O33P2/c1-58(98)88-73-79(110)76(107)64(55-95)124-82(73)118-47-21-7-10-29-67(101)85-37-18-4-13-32-70(104)91(40-46-94)43-52-122-128(115,116)123-53-44-93(72(106)34-15-6-20-39-87-69(103)31-12-9-23-49-120-84-75(90-60(3)100)81(112)78(109)66(57-97)126-84)45-54-127(113,114)121-51-42-92(41-50-117-63-28-24-27-62(35-36-63)61-25-16-17-26-61)71(105)33-14-5-19-38-86-68(102)30-11-8-22-48-119-83-74(89-59(2)99)80(111)77(108)65(56-96)125-83/h61-66,73-84,94-97,107-112H,4-57H2,1-3H3,(H,85,101)(H,86,102)(H,87,103)(H,88,98)(H,89,99)(H,90,100)(H,113,114)(H,115,116). The normalized spacial score (nSPS) is 26.0. The van der Waals surface area contributed by atoms with Crippen LogP contribution in [0.15, 0.2) is 0 Å². The van der Waals surface area contributed by atoms with E-state index in [0.717, 1.165) is 31.6 Å². The highest BCUT2D eigenvalue weighted by atomic mass is 31.2. The summed E-state index contributed by atoms with van der Waals surface area (Å²) < 4.78 is 83.8. The van der Waals surface area contributed by atoms with Gasteiger partial charge in [0.05, 0.1) is 65.1 Å². The van der Waals surface area contributed by atoms with Crippen LogP contribution < -0.4 is 31.9 Å². The van der Waals surface area contributed by atoms with Crippen molar-refractivity contribution in [1.82, 2.24) is 46.6 Å². The number of ether oxygens (including phenoxy) is 7. The number of hydrogen-bond donors (Lipinski definition) is 18. The first kappa shape index (κ1) is 113. The van der Waals surface area contributed by atoms with Crippen LogP contribution in [0.5, 0.6) is 0 Å². The third-order valence-corrected chi connectivity index (χ3v) is 26.0. The Morgan fingerprint density at radius 1 is 0.352 bits per heavy atom. The highest BCUT2D eigenvalue weighted by molar-refractivity contribution is 7.52. The number of phosphoric acid groups is 1. The van der Waals surface area contributed by atoms with Crippen LogP contribution in [-0.4, -0.2) is 364 Å². The molecule has 3 saturated heterocycles. The molecule has 0 aromatic heterocycles. The maximum atomic E-state index is 14.0. The monoisotopic (exact) mass is 1880 g/mol. The molecule has 0 aromatic rings. The predicted octanol–water partition coefficient (Wildman–Crippen LogP) is 0.548. The van der Waals surface area contributed by atoms with Crippen molar-refractivity contribution in [1.29, 1.82) is 0 Å². The number of carbonyl (C=O) groups is 9. The van der Waals surface area contributed by atoms with Crippen LogP contribution in [-0.2, 0) is 99.0 Å². The second kappa shape index (κ2) is 63.9. The lowest BCUT2D eigenvalue weighted by molar-refractivity contribution is -0.270. The maximum Gasteiger partial charge on any atom is 0.472 e. The van der Waals surface area contributed by atoms with Crippen molar-refractivity contribution in [2.75, 3.05) is 138 Å². The minimum atomic E-state index is -4.88. The van der Waals surface area contributed by atoms with E-state index in [0.29, 0.717) is 135 Å². The Morgan fingerprint density at radius 2 is 0.680 bits per heavy atom. The second-order valence-corrected chi connectivity index (χ2v) is 37.3. The maximum absolute atomic E-state index is 14.0. The van der Waals surface area contributed by atoms with Gasteiger partial charge in [0.15, 0.2) is 18.9 Å². The van der Waals surface area contributed by atoms with Gasteiger partial charge in [0.1, 0.15) is 73.1 Å². The molecule has 3 heterocycles. The Bertz CT molecular complexity index is 3290. The Balaban J connectivity index is 1.08. The van der Waals surface area contributed by atoms with E-state index >= 15 is 0 Å². The van der Waals surface area contributed by atoms with Crippen molar-refractivity contribution >= 4 is 68.6 Å². The smallest absolute Gasteiger partial charge is 0.395 e. The molecule has 9 amide bonds. The molecule has 5 aliphatic rings. The summed E-state index contributed by atoms with van der Waals surface area (Å²) in [5, 5.41) is 117. The quantitative estimate of drug-likeness (QED) is 0.0225. The fourth-order valence-electron chi connectivity index (χ4n) is 16.4. The molecule has 5 rings (SSSR count). The van der Waals surface area contributed by atoms with Crippen molar-refractivity contribution in [3.63, 3.8) is 0 Å². The number of amides is 9. The van der Waals surface area contributed by atoms with Crippen molar-refractivity contribution in [2.24, 2.45) is 11.8 Å². The summed E-state index contributed by atoms with van der Waals surface area (Å²) in [7, 11) is -9.40. The average molecular weight is 1880 g/mol. The first-order valence-corrected chi connectivity index (χ1v) is 49.5. The number of rotatable bonds is 67. The van der Waals surface area contributed by atoms with Crippen LogP contribution in [0.2, 0.25) is 0 Å². The summed E-state index contributed by atoms with van der Waals surface area (Å²) >= 11 is 0. The van der Waals surface area contributed by atoms with Gasteiger partial charge in [-0.3, -0.25) is 56.8 Å². The molecule has 42 nitrogen and oxygen atoms in total. The van der Waals surface area contributed by atoms with Gasteiger partial charge in [0, 0.05) is 138 Å².